The third-order valence-corrected chi connectivity index (χ3v) is 5.46. The van der Waals surface area contributed by atoms with E-state index in [-0.39, 0.29) is 30.5 Å². The van der Waals surface area contributed by atoms with Gasteiger partial charge in [-0.05, 0) is 45.2 Å². The van der Waals surface area contributed by atoms with Gasteiger partial charge in [0.1, 0.15) is 0 Å². The zero-order valence-corrected chi connectivity index (χ0v) is 12.6. The van der Waals surface area contributed by atoms with Crippen molar-refractivity contribution in [3.05, 3.63) is 35.4 Å². The van der Waals surface area contributed by atoms with Crippen LogP contribution in [0.3, 0.4) is 0 Å². The highest BCUT2D eigenvalue weighted by molar-refractivity contribution is 6.47. The van der Waals surface area contributed by atoms with Crippen LogP contribution in [0.25, 0.3) is 0 Å². The SMILES string of the molecule is CC1(C)OB([C@H]2C[C@H]3O[C@@H]2c2ccccc23)OC1(C)C. The van der Waals surface area contributed by atoms with E-state index >= 15 is 0 Å². The van der Waals surface area contributed by atoms with Crippen LogP contribution in [0.15, 0.2) is 24.3 Å². The quantitative estimate of drug-likeness (QED) is 0.730. The molecule has 3 aliphatic heterocycles. The first kappa shape index (κ1) is 12.9. The van der Waals surface area contributed by atoms with Gasteiger partial charge in [-0.3, -0.25) is 0 Å². The standard InChI is InChI=1S/C16H21BO3/c1-15(2)16(3,4)20-17(19-15)12-9-13-10-7-5-6-8-11(10)14(12)18-13/h5-8,12-14H,9H2,1-4H3/t12-,13+,14+/m0/s1. The second-order valence-electron chi connectivity index (χ2n) is 7.20. The van der Waals surface area contributed by atoms with Crippen molar-refractivity contribution in [2.24, 2.45) is 0 Å². The summed E-state index contributed by atoms with van der Waals surface area (Å²) in [4.78, 5) is 0. The molecule has 3 aliphatic rings. The molecule has 2 saturated heterocycles. The minimum Gasteiger partial charge on any atom is -0.403 e. The van der Waals surface area contributed by atoms with Crippen molar-refractivity contribution in [3.8, 4) is 0 Å². The topological polar surface area (TPSA) is 27.7 Å². The molecule has 2 fully saturated rings. The molecule has 0 saturated carbocycles. The zero-order chi connectivity index (χ0) is 14.1. The fraction of sp³-hybridized carbons (Fsp3) is 0.625. The number of hydrogen-bond donors (Lipinski definition) is 0. The predicted octanol–water partition coefficient (Wildman–Crippen LogP) is 3.67. The second kappa shape index (κ2) is 3.87. The van der Waals surface area contributed by atoms with Gasteiger partial charge in [-0.25, -0.2) is 0 Å². The molecule has 0 spiro atoms. The van der Waals surface area contributed by atoms with Crippen molar-refractivity contribution in [3.63, 3.8) is 0 Å². The summed E-state index contributed by atoms with van der Waals surface area (Å²) in [5, 5.41) is 0. The molecule has 20 heavy (non-hydrogen) atoms. The molecule has 0 aromatic heterocycles. The van der Waals surface area contributed by atoms with E-state index in [0.717, 1.165) is 6.42 Å². The zero-order valence-electron chi connectivity index (χ0n) is 12.6. The normalized spacial score (nSPS) is 36.4. The lowest BCUT2D eigenvalue weighted by atomic mass is 9.63. The van der Waals surface area contributed by atoms with Gasteiger partial charge >= 0.3 is 7.12 Å². The minimum atomic E-state index is -0.265. The summed E-state index contributed by atoms with van der Waals surface area (Å²) in [6.07, 6.45) is 1.35. The predicted molar refractivity (Wildman–Crippen MR) is 77.5 cm³/mol. The van der Waals surface area contributed by atoms with E-state index in [2.05, 4.69) is 52.0 Å². The molecule has 1 aromatic rings. The Balaban J connectivity index is 1.62. The summed E-state index contributed by atoms with van der Waals surface area (Å²) in [6.45, 7) is 8.42. The third-order valence-electron chi connectivity index (χ3n) is 5.46. The van der Waals surface area contributed by atoms with Gasteiger partial charge in [-0.1, -0.05) is 24.3 Å². The molecular weight excluding hydrogens is 251 g/mol. The summed E-state index contributed by atoms with van der Waals surface area (Å²) in [6, 6.07) is 8.54. The molecular formula is C16H21BO3. The minimum absolute atomic E-state index is 0.130. The van der Waals surface area contributed by atoms with Crippen LogP contribution in [-0.2, 0) is 14.0 Å². The monoisotopic (exact) mass is 272 g/mol. The van der Waals surface area contributed by atoms with Gasteiger partial charge in [-0.2, -0.15) is 0 Å². The highest BCUT2D eigenvalue weighted by atomic mass is 16.7. The molecule has 1 aromatic carbocycles. The molecule has 3 heterocycles. The Hall–Kier alpha value is -0.835. The maximum absolute atomic E-state index is 6.21. The van der Waals surface area contributed by atoms with E-state index < -0.39 is 0 Å². The van der Waals surface area contributed by atoms with Crippen molar-refractivity contribution >= 4 is 7.12 Å². The van der Waals surface area contributed by atoms with E-state index in [4.69, 9.17) is 14.0 Å². The summed E-state index contributed by atoms with van der Waals surface area (Å²) in [7, 11) is -0.164. The molecule has 4 rings (SSSR count). The Morgan fingerprint density at radius 3 is 2.25 bits per heavy atom. The molecule has 106 valence electrons. The molecule has 4 heteroatoms. The van der Waals surface area contributed by atoms with Crippen molar-refractivity contribution < 1.29 is 14.0 Å². The van der Waals surface area contributed by atoms with Crippen molar-refractivity contribution in [2.75, 3.05) is 0 Å². The van der Waals surface area contributed by atoms with Crippen molar-refractivity contribution in [2.45, 2.75) is 63.3 Å². The third kappa shape index (κ3) is 1.59. The first-order valence-electron chi connectivity index (χ1n) is 7.49. The van der Waals surface area contributed by atoms with E-state index in [0.29, 0.717) is 5.82 Å². The van der Waals surface area contributed by atoms with E-state index in [9.17, 15) is 0 Å². The Morgan fingerprint density at radius 2 is 1.60 bits per heavy atom. The molecule has 0 aliphatic carbocycles. The van der Waals surface area contributed by atoms with Crippen LogP contribution in [0, 0.1) is 0 Å². The maximum Gasteiger partial charge on any atom is 0.464 e. The fourth-order valence-corrected chi connectivity index (χ4v) is 3.59. The molecule has 0 radical (unpaired) electrons. The van der Waals surface area contributed by atoms with Gasteiger partial charge in [0.15, 0.2) is 0 Å². The lowest BCUT2D eigenvalue weighted by Gasteiger charge is -2.32. The van der Waals surface area contributed by atoms with Crippen molar-refractivity contribution in [1.29, 1.82) is 0 Å². The number of hydrogen-bond acceptors (Lipinski definition) is 3. The van der Waals surface area contributed by atoms with Gasteiger partial charge in [0.25, 0.3) is 0 Å². The fourth-order valence-electron chi connectivity index (χ4n) is 3.59. The highest BCUT2D eigenvalue weighted by Gasteiger charge is 2.59. The molecule has 3 atom stereocenters. The summed E-state index contributed by atoms with van der Waals surface area (Å²) in [5.41, 5.74) is 2.15. The first-order chi connectivity index (χ1) is 9.39. The number of fused-ring (bicyclic) bond motifs is 5. The Kier molecular flexibility index (Phi) is 2.49. The Bertz CT molecular complexity index is 538. The molecule has 0 unspecified atom stereocenters. The summed E-state index contributed by atoms with van der Waals surface area (Å²) >= 11 is 0. The van der Waals surface area contributed by atoms with Crippen LogP contribution < -0.4 is 0 Å². The number of rotatable bonds is 1. The number of benzene rings is 1. The largest absolute Gasteiger partial charge is 0.464 e. The van der Waals surface area contributed by atoms with Gasteiger partial charge in [0, 0.05) is 5.82 Å². The Labute approximate surface area is 120 Å². The second-order valence-corrected chi connectivity index (χ2v) is 7.20. The number of ether oxygens (including phenoxy) is 1. The van der Waals surface area contributed by atoms with Crippen LogP contribution >= 0.6 is 0 Å². The van der Waals surface area contributed by atoms with Crippen LogP contribution in [0.5, 0.6) is 0 Å². The average molecular weight is 272 g/mol. The summed E-state index contributed by atoms with van der Waals surface area (Å²) < 4.78 is 18.6. The van der Waals surface area contributed by atoms with E-state index in [1.54, 1.807) is 0 Å². The Morgan fingerprint density at radius 1 is 1.00 bits per heavy atom. The van der Waals surface area contributed by atoms with Gasteiger partial charge in [0.2, 0.25) is 0 Å². The summed E-state index contributed by atoms with van der Waals surface area (Å²) in [5.74, 6) is 0.302. The molecule has 2 bridgehead atoms. The van der Waals surface area contributed by atoms with Crippen molar-refractivity contribution in [1.82, 2.24) is 0 Å². The maximum atomic E-state index is 6.21. The highest BCUT2D eigenvalue weighted by Crippen LogP contribution is 2.59. The molecule has 0 N–H and O–H groups in total. The lowest BCUT2D eigenvalue weighted by Crippen LogP contribution is -2.41. The van der Waals surface area contributed by atoms with Gasteiger partial charge in [-0.15, -0.1) is 0 Å². The smallest absolute Gasteiger partial charge is 0.403 e. The van der Waals surface area contributed by atoms with Gasteiger partial charge < -0.3 is 14.0 Å². The van der Waals surface area contributed by atoms with Gasteiger partial charge in [0.05, 0.1) is 23.4 Å². The molecule has 0 amide bonds. The average Bonchev–Trinajstić information content (AvgIpc) is 3.01. The van der Waals surface area contributed by atoms with E-state index in [1.165, 1.54) is 11.1 Å². The van der Waals surface area contributed by atoms with E-state index in [1.807, 2.05) is 0 Å². The first-order valence-corrected chi connectivity index (χ1v) is 7.49. The van der Waals surface area contributed by atoms with Crippen LogP contribution in [0.4, 0.5) is 0 Å². The lowest BCUT2D eigenvalue weighted by molar-refractivity contribution is 0.00578. The van der Waals surface area contributed by atoms with Crippen LogP contribution in [-0.4, -0.2) is 18.3 Å². The van der Waals surface area contributed by atoms with Crippen LogP contribution in [0.2, 0.25) is 5.82 Å². The van der Waals surface area contributed by atoms with Crippen LogP contribution in [0.1, 0.15) is 57.5 Å². The molecule has 3 nitrogen and oxygen atoms in total.